The lowest BCUT2D eigenvalue weighted by Gasteiger charge is -2.30. The number of rotatable bonds is 1. The van der Waals surface area contributed by atoms with Crippen LogP contribution in [0, 0.1) is 5.92 Å². The predicted molar refractivity (Wildman–Crippen MR) is 49.2 cm³/mol. The first kappa shape index (κ1) is 8.36. The summed E-state index contributed by atoms with van der Waals surface area (Å²) in [6.45, 7) is 2.32. The monoisotopic (exact) mass is 160 g/mol. The molecule has 10 heavy (non-hydrogen) atoms. The summed E-state index contributed by atoms with van der Waals surface area (Å²) in [6.07, 6.45) is 9.30. The van der Waals surface area contributed by atoms with Gasteiger partial charge in [0.05, 0.1) is 0 Å². The normalized spacial score (nSPS) is 41.6. The Hall–Kier alpha value is 0.260. The van der Waals surface area contributed by atoms with Crippen LogP contribution in [0.3, 0.4) is 0 Å². The van der Waals surface area contributed by atoms with Crippen molar-refractivity contribution in [2.75, 3.05) is 19.4 Å². The van der Waals surface area contributed by atoms with Gasteiger partial charge in [0.1, 0.15) is 0 Å². The highest BCUT2D eigenvalue weighted by molar-refractivity contribution is 7.69. The molecule has 0 aromatic carbocycles. The zero-order valence-corrected chi connectivity index (χ0v) is 7.86. The third-order valence-electron chi connectivity index (χ3n) is 2.45. The summed E-state index contributed by atoms with van der Waals surface area (Å²) in [5, 5.41) is 0. The zero-order valence-electron chi connectivity index (χ0n) is 6.97. The molecule has 0 amide bonds. The molecule has 0 aliphatic carbocycles. The minimum Gasteiger partial charge on any atom is -0.365 e. The van der Waals surface area contributed by atoms with Gasteiger partial charge in [0.15, 0.2) is 0 Å². The SMILES string of the molecule is C=P1(OC)CCC(C)CC1. The second kappa shape index (κ2) is 3.11. The third-order valence-corrected chi connectivity index (χ3v) is 5.37. The maximum Gasteiger partial charge on any atom is 0.0396 e. The smallest absolute Gasteiger partial charge is 0.0396 e. The molecule has 0 N–H and O–H groups in total. The maximum absolute atomic E-state index is 5.43. The van der Waals surface area contributed by atoms with Crippen molar-refractivity contribution >= 4 is 13.4 Å². The average molecular weight is 160 g/mol. The molecular weight excluding hydrogens is 143 g/mol. The summed E-state index contributed by atoms with van der Waals surface area (Å²) in [6, 6.07) is 0. The van der Waals surface area contributed by atoms with E-state index in [4.69, 9.17) is 4.52 Å². The van der Waals surface area contributed by atoms with Crippen LogP contribution in [0.15, 0.2) is 0 Å². The molecule has 1 nitrogen and oxygen atoms in total. The minimum absolute atomic E-state index is 0.907. The molecule has 0 bridgehead atoms. The quantitative estimate of drug-likeness (QED) is 0.535. The van der Waals surface area contributed by atoms with Crippen LogP contribution in [0.4, 0.5) is 0 Å². The molecule has 0 radical (unpaired) electrons. The highest BCUT2D eigenvalue weighted by Crippen LogP contribution is 2.51. The van der Waals surface area contributed by atoms with E-state index in [1.807, 2.05) is 7.11 Å². The predicted octanol–water partition coefficient (Wildman–Crippen LogP) is 2.43. The van der Waals surface area contributed by atoms with Gasteiger partial charge in [0, 0.05) is 14.2 Å². The maximum atomic E-state index is 5.43. The Morgan fingerprint density at radius 1 is 1.40 bits per heavy atom. The molecule has 0 aromatic rings. The highest BCUT2D eigenvalue weighted by Gasteiger charge is 2.21. The fourth-order valence-electron chi connectivity index (χ4n) is 1.35. The molecular formula is C8H17OP. The summed E-state index contributed by atoms with van der Waals surface area (Å²) in [7, 11) is 0.685. The molecule has 1 fully saturated rings. The van der Waals surface area contributed by atoms with E-state index in [0.29, 0.717) is 0 Å². The summed E-state index contributed by atoms with van der Waals surface area (Å²) in [5.74, 6) is 0.907. The lowest BCUT2D eigenvalue weighted by atomic mass is 10.1. The lowest BCUT2D eigenvalue weighted by Crippen LogP contribution is -2.12. The van der Waals surface area contributed by atoms with E-state index in [2.05, 4.69) is 13.2 Å². The van der Waals surface area contributed by atoms with E-state index in [1.54, 1.807) is 0 Å². The first-order valence-corrected chi connectivity index (χ1v) is 6.20. The van der Waals surface area contributed by atoms with Gasteiger partial charge in [-0.2, -0.15) is 0 Å². The van der Waals surface area contributed by atoms with Crippen LogP contribution in [-0.2, 0) is 4.52 Å². The standard InChI is InChI=1S/C8H17OP/c1-8-4-6-10(3,9-2)7-5-8/h8H,3-7H2,1-2H3. The van der Waals surface area contributed by atoms with Gasteiger partial charge in [-0.15, -0.1) is 0 Å². The molecule has 1 aliphatic heterocycles. The first-order chi connectivity index (χ1) is 4.66. The second-order valence-electron chi connectivity index (χ2n) is 3.37. The van der Waals surface area contributed by atoms with Gasteiger partial charge in [-0.1, -0.05) is 13.2 Å². The topological polar surface area (TPSA) is 9.23 Å². The Kier molecular flexibility index (Phi) is 2.60. The Balaban J connectivity index is 2.46. The Bertz CT molecular complexity index is 141. The van der Waals surface area contributed by atoms with Crippen molar-refractivity contribution in [1.82, 2.24) is 0 Å². The van der Waals surface area contributed by atoms with Crippen molar-refractivity contribution in [3.05, 3.63) is 0 Å². The van der Waals surface area contributed by atoms with Crippen molar-refractivity contribution < 1.29 is 4.52 Å². The average Bonchev–Trinajstić information content (AvgIpc) is 1.96. The van der Waals surface area contributed by atoms with Crippen LogP contribution < -0.4 is 0 Å². The van der Waals surface area contributed by atoms with Gasteiger partial charge in [0.2, 0.25) is 0 Å². The first-order valence-electron chi connectivity index (χ1n) is 3.93. The fraction of sp³-hybridized carbons (Fsp3) is 0.875. The molecule has 60 valence electrons. The van der Waals surface area contributed by atoms with E-state index in [9.17, 15) is 0 Å². The van der Waals surface area contributed by atoms with E-state index in [-0.39, 0.29) is 0 Å². The van der Waals surface area contributed by atoms with Gasteiger partial charge in [-0.3, -0.25) is 0 Å². The minimum atomic E-state index is -1.13. The number of hydrogen-bond donors (Lipinski definition) is 0. The van der Waals surface area contributed by atoms with Crippen LogP contribution >= 0.6 is 7.11 Å². The molecule has 2 heteroatoms. The van der Waals surface area contributed by atoms with Crippen molar-refractivity contribution in [1.29, 1.82) is 0 Å². The molecule has 0 aromatic heterocycles. The zero-order chi connectivity index (χ0) is 7.61. The summed E-state index contributed by atoms with van der Waals surface area (Å²) in [4.78, 5) is 0. The van der Waals surface area contributed by atoms with Gasteiger partial charge >= 0.3 is 0 Å². The van der Waals surface area contributed by atoms with Crippen LogP contribution in [0.5, 0.6) is 0 Å². The second-order valence-corrected chi connectivity index (χ2v) is 6.75. The number of hydrogen-bond acceptors (Lipinski definition) is 1. The summed E-state index contributed by atoms with van der Waals surface area (Å²) in [5.41, 5.74) is 0. The van der Waals surface area contributed by atoms with E-state index >= 15 is 0 Å². The molecule has 0 spiro atoms. The molecule has 1 aliphatic rings. The Labute approximate surface area is 63.8 Å². The third kappa shape index (κ3) is 1.87. The molecule has 1 saturated heterocycles. The Morgan fingerprint density at radius 2 is 1.90 bits per heavy atom. The van der Waals surface area contributed by atoms with Gasteiger partial charge in [-0.25, -0.2) is 0 Å². The summed E-state index contributed by atoms with van der Waals surface area (Å²) < 4.78 is 5.43. The van der Waals surface area contributed by atoms with Crippen LogP contribution in [0.25, 0.3) is 0 Å². The highest BCUT2D eigenvalue weighted by atomic mass is 31.2. The van der Waals surface area contributed by atoms with E-state index in [1.165, 1.54) is 25.2 Å². The van der Waals surface area contributed by atoms with Crippen molar-refractivity contribution in [3.8, 4) is 0 Å². The van der Waals surface area contributed by atoms with Gasteiger partial charge in [-0.05, 0) is 31.1 Å². The fourth-order valence-corrected chi connectivity index (χ4v) is 3.76. The molecule has 1 heterocycles. The lowest BCUT2D eigenvalue weighted by molar-refractivity contribution is 0.429. The van der Waals surface area contributed by atoms with Crippen LogP contribution in [0.2, 0.25) is 0 Å². The molecule has 0 saturated carbocycles. The molecule has 0 unspecified atom stereocenters. The van der Waals surface area contributed by atoms with Crippen molar-refractivity contribution in [2.24, 2.45) is 5.92 Å². The van der Waals surface area contributed by atoms with Gasteiger partial charge in [0.25, 0.3) is 0 Å². The largest absolute Gasteiger partial charge is 0.365 e. The van der Waals surface area contributed by atoms with Crippen molar-refractivity contribution in [2.45, 2.75) is 19.8 Å². The summed E-state index contributed by atoms with van der Waals surface area (Å²) >= 11 is 0. The Morgan fingerprint density at radius 3 is 2.30 bits per heavy atom. The molecule has 0 atom stereocenters. The van der Waals surface area contributed by atoms with E-state index in [0.717, 1.165) is 5.92 Å². The van der Waals surface area contributed by atoms with Crippen LogP contribution in [0.1, 0.15) is 19.8 Å². The molecule has 1 rings (SSSR count). The van der Waals surface area contributed by atoms with Gasteiger partial charge < -0.3 is 4.52 Å². The van der Waals surface area contributed by atoms with E-state index < -0.39 is 7.11 Å². The van der Waals surface area contributed by atoms with Crippen LogP contribution in [-0.4, -0.2) is 25.7 Å². The van der Waals surface area contributed by atoms with Crippen molar-refractivity contribution in [3.63, 3.8) is 0 Å².